The van der Waals surface area contributed by atoms with E-state index in [2.05, 4.69) is 80.7 Å². The maximum absolute atomic E-state index is 12.7. The topological polar surface area (TPSA) is 124 Å². The van der Waals surface area contributed by atoms with Crippen molar-refractivity contribution in [2.24, 2.45) is 0 Å². The molecule has 0 radical (unpaired) electrons. The SMILES string of the molecule is CN(C)C(=O)c1cccc2c(-c3cnn4cc(-c5ccc(N6CCCCC6)cc5)cnc34)cccc12.O=C(O)c1cccc2c(-c3cnn4cc(-c5ccc(N6CCCCC6)cc5)cnc34)cccc12. The molecule has 6 heterocycles. The van der Waals surface area contributed by atoms with E-state index in [0.29, 0.717) is 16.5 Å². The lowest BCUT2D eigenvalue weighted by Crippen LogP contribution is -2.29. The third-order valence-electron chi connectivity index (χ3n) is 13.8. The Morgan fingerprint density at radius 2 is 0.871 bits per heavy atom. The average molecular weight is 924 g/mol. The molecule has 6 aromatic carbocycles. The van der Waals surface area contributed by atoms with E-state index in [1.54, 1.807) is 41.8 Å². The second-order valence-electron chi connectivity index (χ2n) is 18.4. The molecule has 2 saturated heterocycles. The Hall–Kier alpha value is -8.38. The van der Waals surface area contributed by atoms with Gasteiger partial charge in [0.2, 0.25) is 0 Å². The molecule has 0 aliphatic carbocycles. The first kappa shape index (κ1) is 44.1. The molecule has 1 N–H and O–H groups in total. The van der Waals surface area contributed by atoms with E-state index < -0.39 is 5.97 Å². The van der Waals surface area contributed by atoms with Crippen LogP contribution in [0.3, 0.4) is 0 Å². The maximum atomic E-state index is 12.7. The van der Waals surface area contributed by atoms with Crippen LogP contribution in [0.1, 0.15) is 59.2 Å². The van der Waals surface area contributed by atoms with E-state index in [1.165, 1.54) is 49.9 Å². The number of carboxylic acids is 1. The summed E-state index contributed by atoms with van der Waals surface area (Å²) in [7, 11) is 3.55. The van der Waals surface area contributed by atoms with Crippen molar-refractivity contribution in [1.82, 2.24) is 34.1 Å². The van der Waals surface area contributed by atoms with Gasteiger partial charge in [-0.3, -0.25) is 4.79 Å². The number of carbonyl (C=O) groups excluding carboxylic acids is 1. The molecule has 4 aromatic heterocycles. The summed E-state index contributed by atoms with van der Waals surface area (Å²) in [6, 6.07) is 40.4. The number of carbonyl (C=O) groups is 2. The molecule has 0 spiro atoms. The van der Waals surface area contributed by atoms with Crippen LogP contribution in [0.15, 0.2) is 159 Å². The number of aromatic carboxylic acids is 1. The van der Waals surface area contributed by atoms with Crippen molar-refractivity contribution in [3.8, 4) is 44.5 Å². The number of piperidine rings is 2. The number of hydrogen-bond acceptors (Lipinski definition) is 8. The van der Waals surface area contributed by atoms with E-state index in [4.69, 9.17) is 9.97 Å². The van der Waals surface area contributed by atoms with Crippen LogP contribution >= 0.6 is 0 Å². The molecule has 0 unspecified atom stereocenters. The predicted molar refractivity (Wildman–Crippen MR) is 280 cm³/mol. The minimum atomic E-state index is -0.934. The second-order valence-corrected chi connectivity index (χ2v) is 18.4. The van der Waals surface area contributed by atoms with E-state index in [0.717, 1.165) is 98.1 Å². The van der Waals surface area contributed by atoms with Crippen molar-refractivity contribution in [3.63, 3.8) is 0 Å². The molecule has 0 saturated carbocycles. The Balaban J connectivity index is 0.000000153. The van der Waals surface area contributed by atoms with Gasteiger partial charge in [-0.05, 0) is 119 Å². The van der Waals surface area contributed by atoms with Crippen LogP contribution in [0.4, 0.5) is 11.4 Å². The summed E-state index contributed by atoms with van der Waals surface area (Å²) in [4.78, 5) is 40.5. The van der Waals surface area contributed by atoms with Crippen LogP contribution < -0.4 is 9.80 Å². The molecular weight excluding hydrogens is 871 g/mol. The van der Waals surface area contributed by atoms with Gasteiger partial charge in [-0.25, -0.2) is 23.8 Å². The van der Waals surface area contributed by atoms with Crippen molar-refractivity contribution in [3.05, 3.63) is 170 Å². The van der Waals surface area contributed by atoms with Gasteiger partial charge in [-0.2, -0.15) is 10.2 Å². The number of benzene rings is 6. The molecule has 0 bridgehead atoms. The average Bonchev–Trinajstić information content (AvgIpc) is 4.05. The molecule has 2 aliphatic heterocycles. The van der Waals surface area contributed by atoms with Gasteiger partial charge in [0, 0.05) is 104 Å². The van der Waals surface area contributed by atoms with E-state index in [-0.39, 0.29) is 5.91 Å². The first-order valence-electron chi connectivity index (χ1n) is 24.2. The van der Waals surface area contributed by atoms with Gasteiger partial charge in [0.15, 0.2) is 11.3 Å². The first-order valence-corrected chi connectivity index (χ1v) is 24.2. The molecule has 2 aliphatic rings. The summed E-state index contributed by atoms with van der Waals surface area (Å²) >= 11 is 0. The fourth-order valence-electron chi connectivity index (χ4n) is 10.2. The van der Waals surface area contributed by atoms with Crippen molar-refractivity contribution in [2.75, 3.05) is 50.1 Å². The molecule has 2 fully saturated rings. The number of fused-ring (bicyclic) bond motifs is 4. The summed E-state index contributed by atoms with van der Waals surface area (Å²) in [6.07, 6.45) is 19.2. The molecule has 1 amide bonds. The summed E-state index contributed by atoms with van der Waals surface area (Å²) in [5.41, 5.74) is 13.1. The summed E-state index contributed by atoms with van der Waals surface area (Å²) in [6.45, 7) is 4.54. The van der Waals surface area contributed by atoms with Gasteiger partial charge >= 0.3 is 5.97 Å². The summed E-state index contributed by atoms with van der Waals surface area (Å²) in [5, 5.41) is 22.3. The number of hydrogen-bond donors (Lipinski definition) is 1. The Kier molecular flexibility index (Phi) is 12.0. The van der Waals surface area contributed by atoms with Crippen molar-refractivity contribution in [1.29, 1.82) is 0 Å². The standard InChI is InChI=1S/C30H29N5O.C28H24N4O2/c1-33(2)30(36)27-11-7-8-24-25(27)9-6-10-26(24)28-19-32-35-20-22(18-31-29(28)35)21-12-14-23(15-13-21)34-16-4-3-5-17-34;33-28(34)25-9-5-6-22-23(25)7-4-8-24(22)26-17-30-32-18-20(16-29-27(26)32)19-10-12-21(13-11-19)31-14-2-1-3-15-31/h6-15,18-20H,3-5,16-17H2,1-2H3;4-13,16-18H,1-3,14-15H2,(H,33,34). The molecule has 10 aromatic rings. The van der Waals surface area contributed by atoms with E-state index in [1.807, 2.05) is 84.0 Å². The highest BCUT2D eigenvalue weighted by Crippen LogP contribution is 2.36. The highest BCUT2D eigenvalue weighted by Gasteiger charge is 2.19. The predicted octanol–water partition coefficient (Wildman–Crippen LogP) is 11.8. The van der Waals surface area contributed by atoms with Crippen LogP contribution in [0.2, 0.25) is 0 Å². The van der Waals surface area contributed by atoms with Gasteiger partial charge in [0.05, 0.1) is 18.0 Å². The molecular formula is C58H53N9O3. The summed E-state index contributed by atoms with van der Waals surface area (Å²) < 4.78 is 3.64. The zero-order valence-electron chi connectivity index (χ0n) is 39.4. The Morgan fingerprint density at radius 3 is 1.31 bits per heavy atom. The molecule has 0 atom stereocenters. The van der Waals surface area contributed by atoms with Crippen LogP contribution in [0.25, 0.3) is 77.3 Å². The minimum absolute atomic E-state index is 0.00770. The quantitative estimate of drug-likeness (QED) is 0.159. The maximum Gasteiger partial charge on any atom is 0.336 e. The van der Waals surface area contributed by atoms with Crippen molar-refractivity contribution < 1.29 is 14.7 Å². The molecule has 348 valence electrons. The zero-order chi connectivity index (χ0) is 47.7. The van der Waals surface area contributed by atoms with Crippen molar-refractivity contribution >= 4 is 56.1 Å². The van der Waals surface area contributed by atoms with E-state index in [9.17, 15) is 14.7 Å². The van der Waals surface area contributed by atoms with Gasteiger partial charge in [-0.15, -0.1) is 0 Å². The zero-order valence-corrected chi connectivity index (χ0v) is 39.4. The summed E-state index contributed by atoms with van der Waals surface area (Å²) in [5.74, 6) is -0.941. The van der Waals surface area contributed by atoms with Gasteiger partial charge in [0.25, 0.3) is 5.91 Å². The van der Waals surface area contributed by atoms with Crippen LogP contribution in [0.5, 0.6) is 0 Å². The smallest absolute Gasteiger partial charge is 0.336 e. The number of amides is 1. The van der Waals surface area contributed by atoms with Gasteiger partial charge < -0.3 is 19.8 Å². The third kappa shape index (κ3) is 8.46. The van der Waals surface area contributed by atoms with E-state index >= 15 is 0 Å². The number of carboxylic acid groups (broad SMARTS) is 1. The normalized spacial score (nSPS) is 14.0. The molecule has 12 rings (SSSR count). The Labute approximate surface area is 406 Å². The van der Waals surface area contributed by atoms with Gasteiger partial charge in [0.1, 0.15) is 0 Å². The largest absolute Gasteiger partial charge is 0.478 e. The fraction of sp³-hybridized carbons (Fsp3) is 0.207. The highest BCUT2D eigenvalue weighted by atomic mass is 16.4. The van der Waals surface area contributed by atoms with Crippen LogP contribution in [-0.4, -0.2) is 91.4 Å². The third-order valence-corrected chi connectivity index (χ3v) is 13.8. The van der Waals surface area contributed by atoms with Crippen LogP contribution in [0, 0.1) is 0 Å². The van der Waals surface area contributed by atoms with Crippen LogP contribution in [-0.2, 0) is 0 Å². The Bertz CT molecular complexity index is 3550. The number of nitrogens with zero attached hydrogens (tertiary/aromatic N) is 9. The lowest BCUT2D eigenvalue weighted by atomic mass is 9.96. The molecule has 12 nitrogen and oxygen atoms in total. The first-order chi connectivity index (χ1) is 34.3. The second kappa shape index (κ2) is 19.0. The highest BCUT2D eigenvalue weighted by molar-refractivity contribution is 6.11. The van der Waals surface area contributed by atoms with Crippen molar-refractivity contribution in [2.45, 2.75) is 38.5 Å². The Morgan fingerprint density at radius 1 is 0.457 bits per heavy atom. The number of rotatable bonds is 8. The number of anilines is 2. The monoisotopic (exact) mass is 923 g/mol. The lowest BCUT2D eigenvalue weighted by molar-refractivity contribution is 0.0698. The molecule has 70 heavy (non-hydrogen) atoms. The fourth-order valence-corrected chi connectivity index (χ4v) is 10.2. The number of aromatic nitrogens is 6. The lowest BCUT2D eigenvalue weighted by Gasteiger charge is -2.28. The van der Waals surface area contributed by atoms with Gasteiger partial charge in [-0.1, -0.05) is 84.9 Å². The molecule has 12 heteroatoms. The minimum Gasteiger partial charge on any atom is -0.478 e.